The van der Waals surface area contributed by atoms with Gasteiger partial charge in [-0.25, -0.2) is 0 Å². The molecule has 0 bridgehead atoms. The lowest BCUT2D eigenvalue weighted by Gasteiger charge is -2.19. The highest BCUT2D eigenvalue weighted by molar-refractivity contribution is 6.08. The largest absolute Gasteiger partial charge is 0.456 e. The normalized spacial score (nSPS) is 24.1. The van der Waals surface area contributed by atoms with E-state index in [1.807, 2.05) is 0 Å². The topological polar surface area (TPSA) is 128 Å². The van der Waals surface area contributed by atoms with Crippen LogP contribution < -0.4 is 0 Å². The van der Waals surface area contributed by atoms with Gasteiger partial charge in [-0.2, -0.15) is 5.26 Å². The van der Waals surface area contributed by atoms with Gasteiger partial charge in [-0.05, 0) is 19.8 Å². The molecule has 1 unspecified atom stereocenters. The summed E-state index contributed by atoms with van der Waals surface area (Å²) in [7, 11) is 0. The molecule has 2 aliphatic rings. The Kier molecular flexibility index (Phi) is 5.44. The molecule has 1 N–H and O–H groups in total. The van der Waals surface area contributed by atoms with Crippen LogP contribution in [0.2, 0.25) is 0 Å². The number of nitriles is 1. The Balaban J connectivity index is 1.90. The lowest BCUT2D eigenvalue weighted by Crippen LogP contribution is -2.37. The second kappa shape index (κ2) is 7.34. The molecule has 2 amide bonds. The Morgan fingerprint density at radius 1 is 1.29 bits per heavy atom. The monoisotopic (exact) mass is 333 g/mol. The number of esters is 1. The number of hydrogen-bond donors (Lipinski definition) is 1. The third-order valence-electron chi connectivity index (χ3n) is 4.48. The van der Waals surface area contributed by atoms with Crippen molar-refractivity contribution in [3.63, 3.8) is 0 Å². The zero-order chi connectivity index (χ0) is 17.9. The predicted octanol–water partition coefficient (Wildman–Crippen LogP) is 0.453. The van der Waals surface area contributed by atoms with Crippen molar-refractivity contribution in [2.75, 3.05) is 13.2 Å². The van der Waals surface area contributed by atoms with Crippen molar-refractivity contribution < 1.29 is 23.9 Å². The second-order valence-electron chi connectivity index (χ2n) is 6.13. The summed E-state index contributed by atoms with van der Waals surface area (Å²) in [5.74, 6) is -4.21. The second-order valence-corrected chi connectivity index (χ2v) is 6.13. The van der Waals surface area contributed by atoms with Gasteiger partial charge in [-0.15, -0.1) is 0 Å². The Hall–Kier alpha value is -2.56. The van der Waals surface area contributed by atoms with Gasteiger partial charge in [-0.1, -0.05) is 12.8 Å². The molecule has 8 heteroatoms. The number of ketones is 1. The number of nitrogens with zero attached hydrogens (tertiary/aromatic N) is 2. The molecule has 8 nitrogen and oxygen atoms in total. The fourth-order valence-corrected chi connectivity index (χ4v) is 3.21. The Bertz CT molecular complexity index is 612. The number of fused-ring (bicyclic) bond motifs is 1. The lowest BCUT2D eigenvalue weighted by atomic mass is 9.81. The highest BCUT2D eigenvalue weighted by Gasteiger charge is 2.48. The molecule has 0 spiro atoms. The maximum Gasteiger partial charge on any atom is 0.326 e. The minimum Gasteiger partial charge on any atom is -0.456 e. The van der Waals surface area contributed by atoms with E-state index in [9.17, 15) is 19.2 Å². The van der Waals surface area contributed by atoms with Gasteiger partial charge in [0.1, 0.15) is 12.5 Å². The van der Waals surface area contributed by atoms with Gasteiger partial charge in [0.05, 0.1) is 17.9 Å². The number of carbonyl (C=O) groups is 4. The quantitative estimate of drug-likeness (QED) is 0.427. The lowest BCUT2D eigenvalue weighted by molar-refractivity contribution is -0.154. The predicted molar refractivity (Wildman–Crippen MR) is 80.6 cm³/mol. The van der Waals surface area contributed by atoms with E-state index in [1.165, 1.54) is 6.92 Å². The Morgan fingerprint density at radius 2 is 1.83 bits per heavy atom. The van der Waals surface area contributed by atoms with Gasteiger partial charge in [-0.3, -0.25) is 24.1 Å². The molecule has 0 aromatic rings. The van der Waals surface area contributed by atoms with Crippen LogP contribution in [0.3, 0.4) is 0 Å². The summed E-state index contributed by atoms with van der Waals surface area (Å²) in [6.07, 6.45) is 3.10. The highest BCUT2D eigenvalue weighted by Crippen LogP contribution is 2.37. The summed E-state index contributed by atoms with van der Waals surface area (Å²) in [6, 6.07) is 1.66. The van der Waals surface area contributed by atoms with E-state index in [2.05, 4.69) is 0 Å². The minimum absolute atomic E-state index is 0.132. The van der Waals surface area contributed by atoms with Gasteiger partial charge in [0.2, 0.25) is 11.8 Å². The molecule has 2 rings (SSSR count). The third-order valence-corrected chi connectivity index (χ3v) is 4.48. The Morgan fingerprint density at radius 3 is 2.29 bits per heavy atom. The molecule has 1 aliphatic carbocycles. The van der Waals surface area contributed by atoms with Gasteiger partial charge in [0, 0.05) is 5.71 Å². The standard InChI is InChI=1S/C16H19N3O5/c1-9(18)12(6-17)13(20)8-24-14(21)7-19-15(22)10-4-2-3-5-11(10)16(19)23/h10-12,18H,2-5,7-8H2,1H3/t10-,11-,12?/m0/s1. The SMILES string of the molecule is CC(=N)C(C#N)C(=O)COC(=O)CN1C(=O)[C@H]2CCCC[C@@H]2C1=O. The zero-order valence-electron chi connectivity index (χ0n) is 13.4. The smallest absolute Gasteiger partial charge is 0.326 e. The molecule has 1 saturated carbocycles. The molecule has 3 atom stereocenters. The van der Waals surface area contributed by atoms with Crippen molar-refractivity contribution in [1.29, 1.82) is 10.7 Å². The van der Waals surface area contributed by atoms with Crippen molar-refractivity contribution >= 4 is 29.3 Å². The van der Waals surface area contributed by atoms with Crippen LogP contribution in [0.1, 0.15) is 32.6 Å². The van der Waals surface area contributed by atoms with Crippen LogP contribution in [0.5, 0.6) is 0 Å². The molecular weight excluding hydrogens is 314 g/mol. The zero-order valence-corrected chi connectivity index (χ0v) is 13.4. The number of carbonyl (C=O) groups excluding carboxylic acids is 4. The van der Waals surface area contributed by atoms with E-state index in [4.69, 9.17) is 15.4 Å². The van der Waals surface area contributed by atoms with Crippen LogP contribution in [0, 0.1) is 34.5 Å². The van der Waals surface area contributed by atoms with E-state index in [-0.39, 0.29) is 29.4 Å². The average molecular weight is 333 g/mol. The van der Waals surface area contributed by atoms with E-state index >= 15 is 0 Å². The number of Topliss-reactive ketones (excluding diaryl/α,β-unsaturated/α-hetero) is 1. The first-order valence-electron chi connectivity index (χ1n) is 7.85. The molecule has 128 valence electrons. The van der Waals surface area contributed by atoms with Crippen molar-refractivity contribution in [1.82, 2.24) is 4.90 Å². The molecule has 0 aromatic carbocycles. The maximum atomic E-state index is 12.2. The summed E-state index contributed by atoms with van der Waals surface area (Å²) in [5.41, 5.74) is -0.132. The van der Waals surface area contributed by atoms with Crippen molar-refractivity contribution in [3.05, 3.63) is 0 Å². The molecule has 24 heavy (non-hydrogen) atoms. The number of ether oxygens (including phenoxy) is 1. The van der Waals surface area contributed by atoms with Crippen LogP contribution >= 0.6 is 0 Å². The fraction of sp³-hybridized carbons (Fsp3) is 0.625. The summed E-state index contributed by atoms with van der Waals surface area (Å²) in [6.45, 7) is 0.145. The molecule has 2 fully saturated rings. The molecule has 1 heterocycles. The van der Waals surface area contributed by atoms with Crippen molar-refractivity contribution in [2.45, 2.75) is 32.6 Å². The molecule has 1 aliphatic heterocycles. The third kappa shape index (κ3) is 3.50. The summed E-state index contributed by atoms with van der Waals surface area (Å²) >= 11 is 0. The van der Waals surface area contributed by atoms with E-state index in [1.54, 1.807) is 6.07 Å². The van der Waals surface area contributed by atoms with Crippen molar-refractivity contribution in [2.24, 2.45) is 17.8 Å². The molecule has 1 saturated heterocycles. The van der Waals surface area contributed by atoms with Crippen molar-refractivity contribution in [3.8, 4) is 6.07 Å². The number of nitrogens with one attached hydrogen (secondary N) is 1. The molecular formula is C16H19N3O5. The number of hydrogen-bond acceptors (Lipinski definition) is 7. The fourth-order valence-electron chi connectivity index (χ4n) is 3.21. The van der Waals surface area contributed by atoms with Gasteiger partial charge < -0.3 is 10.1 Å². The van der Waals surface area contributed by atoms with Crippen LogP contribution in [0.25, 0.3) is 0 Å². The first kappa shape index (κ1) is 17.8. The van der Waals surface area contributed by atoms with Crippen LogP contribution in [0.15, 0.2) is 0 Å². The molecule has 0 aromatic heterocycles. The minimum atomic E-state index is -1.25. The number of likely N-dealkylation sites (tertiary alicyclic amines) is 1. The highest BCUT2D eigenvalue weighted by atomic mass is 16.5. The number of amides is 2. The van der Waals surface area contributed by atoms with Crippen LogP contribution in [-0.4, -0.2) is 47.3 Å². The van der Waals surface area contributed by atoms with Crippen LogP contribution in [-0.2, 0) is 23.9 Å². The van der Waals surface area contributed by atoms with Gasteiger partial charge in [0.25, 0.3) is 0 Å². The summed E-state index contributed by atoms with van der Waals surface area (Å²) in [5, 5.41) is 16.1. The average Bonchev–Trinajstić information content (AvgIpc) is 2.79. The van der Waals surface area contributed by atoms with Gasteiger partial charge in [0.15, 0.2) is 12.4 Å². The first-order valence-corrected chi connectivity index (χ1v) is 7.85. The van der Waals surface area contributed by atoms with E-state index < -0.39 is 30.8 Å². The maximum absolute atomic E-state index is 12.2. The van der Waals surface area contributed by atoms with E-state index in [0.717, 1.165) is 17.7 Å². The van der Waals surface area contributed by atoms with E-state index in [0.29, 0.717) is 12.8 Å². The van der Waals surface area contributed by atoms with Crippen LogP contribution in [0.4, 0.5) is 0 Å². The van der Waals surface area contributed by atoms with Gasteiger partial charge >= 0.3 is 5.97 Å². The number of rotatable bonds is 6. The first-order chi connectivity index (χ1) is 11.4. The summed E-state index contributed by atoms with van der Waals surface area (Å²) < 4.78 is 4.77. The Labute approximate surface area is 139 Å². The number of imide groups is 1. The molecule has 0 radical (unpaired) electrons. The summed E-state index contributed by atoms with van der Waals surface area (Å²) in [4.78, 5) is 48.9.